The molecule has 4 nitrogen and oxygen atoms in total. The minimum atomic E-state index is -3.35. The number of hydrogen-bond donors (Lipinski definition) is 1. The Bertz CT molecular complexity index is 375. The van der Waals surface area contributed by atoms with E-state index in [1.54, 1.807) is 0 Å². The molecule has 15 heavy (non-hydrogen) atoms. The standard InChI is InChI=1S/C10H15NO3S/c11-15(12,13)8-4-7-14-9-10-5-2-1-3-6-10/h1-3,5-6H,4,7-9H2,(H2,11,12,13). The molecule has 0 amide bonds. The van der Waals surface area contributed by atoms with E-state index in [1.165, 1.54) is 0 Å². The Morgan fingerprint density at radius 1 is 1.20 bits per heavy atom. The third-order valence-electron chi connectivity index (χ3n) is 1.83. The predicted molar refractivity (Wildman–Crippen MR) is 58.7 cm³/mol. The smallest absolute Gasteiger partial charge is 0.209 e. The predicted octanol–water partition coefficient (Wildman–Crippen LogP) is 0.882. The van der Waals surface area contributed by atoms with Gasteiger partial charge in [0, 0.05) is 6.61 Å². The summed E-state index contributed by atoms with van der Waals surface area (Å²) in [5.74, 6) is -0.0260. The first-order chi connectivity index (χ1) is 7.08. The summed E-state index contributed by atoms with van der Waals surface area (Å²) in [6, 6.07) is 9.72. The highest BCUT2D eigenvalue weighted by atomic mass is 32.2. The fraction of sp³-hybridized carbons (Fsp3) is 0.400. The minimum absolute atomic E-state index is 0.0260. The van der Waals surface area contributed by atoms with Crippen LogP contribution in [-0.2, 0) is 21.4 Å². The second-order valence-corrected chi connectivity index (χ2v) is 4.99. The quantitative estimate of drug-likeness (QED) is 0.736. The molecule has 0 radical (unpaired) electrons. The van der Waals surface area contributed by atoms with E-state index in [0.717, 1.165) is 5.56 Å². The Kier molecular flexibility index (Phi) is 4.74. The maximum Gasteiger partial charge on any atom is 0.209 e. The van der Waals surface area contributed by atoms with Crippen molar-refractivity contribution in [3.8, 4) is 0 Å². The molecule has 1 aromatic rings. The third kappa shape index (κ3) is 6.22. The van der Waals surface area contributed by atoms with Crippen LogP contribution >= 0.6 is 0 Å². The number of nitrogens with two attached hydrogens (primary N) is 1. The van der Waals surface area contributed by atoms with E-state index in [9.17, 15) is 8.42 Å². The first kappa shape index (κ1) is 12.2. The SMILES string of the molecule is NS(=O)(=O)CCCOCc1ccccc1. The van der Waals surface area contributed by atoms with Crippen LogP contribution in [0.1, 0.15) is 12.0 Å². The van der Waals surface area contributed by atoms with Crippen molar-refractivity contribution in [2.24, 2.45) is 5.14 Å². The summed E-state index contributed by atoms with van der Waals surface area (Å²) in [5.41, 5.74) is 1.08. The van der Waals surface area contributed by atoms with Crippen LogP contribution in [-0.4, -0.2) is 20.8 Å². The molecule has 0 saturated carbocycles. The van der Waals surface area contributed by atoms with Gasteiger partial charge in [-0.25, -0.2) is 13.6 Å². The van der Waals surface area contributed by atoms with Gasteiger partial charge in [0.15, 0.2) is 0 Å². The summed E-state index contributed by atoms with van der Waals surface area (Å²) in [6.45, 7) is 0.913. The lowest BCUT2D eigenvalue weighted by Crippen LogP contribution is -2.17. The Morgan fingerprint density at radius 3 is 2.47 bits per heavy atom. The summed E-state index contributed by atoms with van der Waals surface area (Å²) < 4.78 is 26.5. The van der Waals surface area contributed by atoms with Gasteiger partial charge in [-0.1, -0.05) is 30.3 Å². The highest BCUT2D eigenvalue weighted by Gasteiger charge is 2.01. The molecule has 0 aromatic heterocycles. The fourth-order valence-corrected chi connectivity index (χ4v) is 1.65. The molecule has 0 aliphatic rings. The molecule has 0 saturated heterocycles. The van der Waals surface area contributed by atoms with Crippen molar-refractivity contribution in [3.05, 3.63) is 35.9 Å². The van der Waals surface area contributed by atoms with Gasteiger partial charge in [0.05, 0.1) is 12.4 Å². The molecule has 0 atom stereocenters. The lowest BCUT2D eigenvalue weighted by atomic mass is 10.2. The van der Waals surface area contributed by atoms with Crippen LogP contribution in [0.4, 0.5) is 0 Å². The Labute approximate surface area is 90.1 Å². The molecular weight excluding hydrogens is 214 g/mol. The number of benzene rings is 1. The summed E-state index contributed by atoms with van der Waals surface area (Å²) in [6.07, 6.45) is 0.436. The highest BCUT2D eigenvalue weighted by Crippen LogP contribution is 2.00. The minimum Gasteiger partial charge on any atom is -0.377 e. The van der Waals surface area contributed by atoms with Crippen LogP contribution in [0.25, 0.3) is 0 Å². The summed E-state index contributed by atoms with van der Waals surface area (Å²) >= 11 is 0. The molecule has 0 aliphatic heterocycles. The lowest BCUT2D eigenvalue weighted by Gasteiger charge is -2.03. The van der Waals surface area contributed by atoms with Crippen molar-refractivity contribution in [2.45, 2.75) is 13.0 Å². The third-order valence-corrected chi connectivity index (χ3v) is 2.69. The summed E-state index contributed by atoms with van der Waals surface area (Å²) in [7, 11) is -3.35. The normalized spacial score (nSPS) is 11.5. The number of rotatable bonds is 6. The van der Waals surface area contributed by atoms with Gasteiger partial charge in [-0.2, -0.15) is 0 Å². The monoisotopic (exact) mass is 229 g/mol. The van der Waals surface area contributed by atoms with E-state index in [0.29, 0.717) is 19.6 Å². The molecule has 0 fully saturated rings. The van der Waals surface area contributed by atoms with Gasteiger partial charge in [0.1, 0.15) is 0 Å². The molecule has 2 N–H and O–H groups in total. The van der Waals surface area contributed by atoms with Gasteiger partial charge < -0.3 is 4.74 Å². The average molecular weight is 229 g/mol. The zero-order chi connectivity index (χ0) is 11.1. The van der Waals surface area contributed by atoms with Crippen LogP contribution in [0.3, 0.4) is 0 Å². The Morgan fingerprint density at radius 2 is 1.87 bits per heavy atom. The molecule has 0 heterocycles. The molecule has 84 valence electrons. The lowest BCUT2D eigenvalue weighted by molar-refractivity contribution is 0.122. The van der Waals surface area contributed by atoms with Crippen LogP contribution in [0.15, 0.2) is 30.3 Å². The van der Waals surface area contributed by atoms with E-state index in [2.05, 4.69) is 0 Å². The van der Waals surface area contributed by atoms with Gasteiger partial charge in [-0.05, 0) is 12.0 Å². The molecule has 1 aromatic carbocycles. The van der Waals surface area contributed by atoms with E-state index >= 15 is 0 Å². The molecule has 0 spiro atoms. The van der Waals surface area contributed by atoms with Crippen molar-refractivity contribution in [1.82, 2.24) is 0 Å². The summed E-state index contributed by atoms with van der Waals surface area (Å²) in [4.78, 5) is 0. The maximum absolute atomic E-state index is 10.6. The van der Waals surface area contributed by atoms with E-state index < -0.39 is 10.0 Å². The summed E-state index contributed by atoms with van der Waals surface area (Å²) in [5, 5.41) is 4.85. The Balaban J connectivity index is 2.13. The molecule has 1 rings (SSSR count). The van der Waals surface area contributed by atoms with E-state index in [1.807, 2.05) is 30.3 Å². The van der Waals surface area contributed by atoms with Crippen LogP contribution in [0.2, 0.25) is 0 Å². The van der Waals surface area contributed by atoms with Crippen LogP contribution in [0, 0.1) is 0 Å². The molecule has 0 aliphatic carbocycles. The zero-order valence-electron chi connectivity index (χ0n) is 8.43. The fourth-order valence-electron chi connectivity index (χ4n) is 1.13. The average Bonchev–Trinajstić information content (AvgIpc) is 2.17. The van der Waals surface area contributed by atoms with Crippen molar-refractivity contribution >= 4 is 10.0 Å². The van der Waals surface area contributed by atoms with Crippen LogP contribution < -0.4 is 5.14 Å². The molecule has 0 unspecified atom stereocenters. The van der Waals surface area contributed by atoms with Gasteiger partial charge in [0.2, 0.25) is 10.0 Å². The van der Waals surface area contributed by atoms with Crippen molar-refractivity contribution < 1.29 is 13.2 Å². The number of hydrogen-bond acceptors (Lipinski definition) is 3. The molecule has 0 bridgehead atoms. The largest absolute Gasteiger partial charge is 0.377 e. The first-order valence-corrected chi connectivity index (χ1v) is 6.41. The van der Waals surface area contributed by atoms with E-state index in [-0.39, 0.29) is 5.75 Å². The van der Waals surface area contributed by atoms with Crippen molar-refractivity contribution in [2.75, 3.05) is 12.4 Å². The second-order valence-electron chi connectivity index (χ2n) is 3.26. The van der Waals surface area contributed by atoms with Gasteiger partial charge >= 0.3 is 0 Å². The van der Waals surface area contributed by atoms with Gasteiger partial charge in [0.25, 0.3) is 0 Å². The topological polar surface area (TPSA) is 69.4 Å². The van der Waals surface area contributed by atoms with Gasteiger partial charge in [-0.3, -0.25) is 0 Å². The van der Waals surface area contributed by atoms with Crippen LogP contribution in [0.5, 0.6) is 0 Å². The number of primary sulfonamides is 1. The van der Waals surface area contributed by atoms with Crippen molar-refractivity contribution in [1.29, 1.82) is 0 Å². The molecular formula is C10H15NO3S. The highest BCUT2D eigenvalue weighted by molar-refractivity contribution is 7.89. The van der Waals surface area contributed by atoms with Crippen molar-refractivity contribution in [3.63, 3.8) is 0 Å². The number of ether oxygens (including phenoxy) is 1. The molecule has 5 heteroatoms. The van der Waals surface area contributed by atoms with Gasteiger partial charge in [-0.15, -0.1) is 0 Å². The maximum atomic E-state index is 10.6. The zero-order valence-corrected chi connectivity index (χ0v) is 9.24. The first-order valence-electron chi connectivity index (χ1n) is 4.70. The number of sulfonamides is 1. The Hall–Kier alpha value is -0.910. The van der Waals surface area contributed by atoms with E-state index in [4.69, 9.17) is 9.88 Å². The second kappa shape index (κ2) is 5.85.